The van der Waals surface area contributed by atoms with Crippen LogP contribution in [0.2, 0.25) is 0 Å². The van der Waals surface area contributed by atoms with Gasteiger partial charge in [0.2, 0.25) is 0 Å². The molecule has 0 N–H and O–H groups in total. The molecule has 0 aliphatic heterocycles. The predicted octanol–water partition coefficient (Wildman–Crippen LogP) is 18.7. The Kier molecular flexibility index (Phi) is 9.56. The zero-order valence-corrected chi connectivity index (χ0v) is 40.2. The molecule has 2 heterocycles. The molecule has 13 aromatic rings. The van der Waals surface area contributed by atoms with Gasteiger partial charge in [-0.05, 0) is 147 Å². The SMILES string of the molecule is CC1(C)c2ccccc2-c2ccc(N(c3ccc(-c4ccccc4)cc3)c3ccccc3-c3ccc4c(c3)c3cc(-c5ccc6c(c5)c5ccccc5n6-c5ccccc5)ccc3n4-c3ccccc3)cc21. The summed E-state index contributed by atoms with van der Waals surface area (Å²) >= 11 is 0. The summed E-state index contributed by atoms with van der Waals surface area (Å²) in [6.45, 7) is 4.73. The Bertz CT molecular complexity index is 4220. The summed E-state index contributed by atoms with van der Waals surface area (Å²) in [7, 11) is 0. The summed E-state index contributed by atoms with van der Waals surface area (Å²) in [4.78, 5) is 2.46. The highest BCUT2D eigenvalue weighted by molar-refractivity contribution is 6.13. The van der Waals surface area contributed by atoms with Crippen molar-refractivity contribution in [2.75, 3.05) is 4.90 Å². The first-order valence-corrected chi connectivity index (χ1v) is 25.0. The fraction of sp³-hybridized carbons (Fsp3) is 0.0435. The number of hydrogen-bond acceptors (Lipinski definition) is 1. The molecule has 3 nitrogen and oxygen atoms in total. The molecule has 14 rings (SSSR count). The molecular formula is C69H49N3. The van der Waals surface area contributed by atoms with Crippen molar-refractivity contribution in [3.8, 4) is 55.9 Å². The van der Waals surface area contributed by atoms with Crippen LogP contribution in [0, 0.1) is 0 Å². The lowest BCUT2D eigenvalue weighted by molar-refractivity contribution is 0.660. The summed E-state index contributed by atoms with van der Waals surface area (Å²) in [6, 6.07) is 96.0. The molecular weight excluding hydrogens is 871 g/mol. The number of rotatable bonds is 8. The highest BCUT2D eigenvalue weighted by Gasteiger charge is 2.36. The zero-order chi connectivity index (χ0) is 47.9. The maximum Gasteiger partial charge on any atom is 0.0541 e. The third kappa shape index (κ3) is 6.58. The lowest BCUT2D eigenvalue weighted by Gasteiger charge is -2.30. The van der Waals surface area contributed by atoms with E-state index in [9.17, 15) is 0 Å². The quantitative estimate of drug-likeness (QED) is 0.148. The molecule has 1 aliphatic carbocycles. The molecule has 0 spiro atoms. The zero-order valence-electron chi connectivity index (χ0n) is 40.2. The smallest absolute Gasteiger partial charge is 0.0541 e. The standard InChI is InChI=1S/C69H49N3/c1-69(2)62-27-15-12-25-56(62)57-38-37-54(45-63(57)69)70(53-35-30-47(31-36-53)46-18-6-3-7-19-46)64-28-16-13-24-55(64)50-34-41-68-61(44-50)60-43-49(33-40-67(60)72(68)52-22-10-5-11-23-52)48-32-39-66-59(42-48)58-26-14-17-29-65(58)71(66)51-20-8-4-9-21-51/h3-45H,1-2H3. The first-order chi connectivity index (χ1) is 35.5. The molecule has 0 saturated heterocycles. The number of aromatic nitrogens is 2. The van der Waals surface area contributed by atoms with E-state index in [1.807, 2.05) is 0 Å². The van der Waals surface area contributed by atoms with Crippen molar-refractivity contribution in [1.82, 2.24) is 9.13 Å². The molecule has 0 saturated carbocycles. The van der Waals surface area contributed by atoms with E-state index < -0.39 is 0 Å². The summed E-state index contributed by atoms with van der Waals surface area (Å²) in [5.74, 6) is 0. The fourth-order valence-corrected chi connectivity index (χ4v) is 11.8. The Labute approximate surface area is 419 Å². The third-order valence-corrected chi connectivity index (χ3v) is 15.3. The van der Waals surface area contributed by atoms with Crippen molar-refractivity contribution in [2.24, 2.45) is 0 Å². The van der Waals surface area contributed by atoms with Crippen molar-refractivity contribution in [3.63, 3.8) is 0 Å². The fourth-order valence-electron chi connectivity index (χ4n) is 11.8. The minimum absolute atomic E-state index is 0.145. The second kappa shape index (κ2) is 16.5. The first-order valence-electron chi connectivity index (χ1n) is 25.0. The molecule has 0 amide bonds. The Morgan fingerprint density at radius 3 is 1.39 bits per heavy atom. The van der Waals surface area contributed by atoms with Crippen molar-refractivity contribution in [2.45, 2.75) is 19.3 Å². The highest BCUT2D eigenvalue weighted by atomic mass is 15.1. The molecule has 0 atom stereocenters. The molecule has 0 bridgehead atoms. The van der Waals surface area contributed by atoms with Gasteiger partial charge in [-0.1, -0.05) is 178 Å². The number of para-hydroxylation sites is 4. The third-order valence-electron chi connectivity index (χ3n) is 15.3. The normalized spacial score (nSPS) is 12.7. The van der Waals surface area contributed by atoms with Crippen molar-refractivity contribution in [1.29, 1.82) is 0 Å². The molecule has 0 unspecified atom stereocenters. The van der Waals surface area contributed by atoms with Crippen LogP contribution in [-0.2, 0) is 5.41 Å². The number of hydrogen-bond donors (Lipinski definition) is 0. The van der Waals surface area contributed by atoms with Crippen LogP contribution < -0.4 is 4.90 Å². The van der Waals surface area contributed by atoms with Gasteiger partial charge in [0.1, 0.15) is 0 Å². The second-order valence-corrected chi connectivity index (χ2v) is 19.7. The van der Waals surface area contributed by atoms with Crippen LogP contribution in [0.3, 0.4) is 0 Å². The van der Waals surface area contributed by atoms with E-state index in [0.29, 0.717) is 0 Å². The summed E-state index contributed by atoms with van der Waals surface area (Å²) in [5.41, 5.74) is 22.7. The number of anilines is 3. The average molecular weight is 920 g/mol. The van der Waals surface area contributed by atoms with Gasteiger partial charge in [0.15, 0.2) is 0 Å². The van der Waals surface area contributed by atoms with E-state index in [0.717, 1.165) is 39.6 Å². The van der Waals surface area contributed by atoms with E-state index >= 15 is 0 Å². The van der Waals surface area contributed by atoms with E-state index in [4.69, 9.17) is 0 Å². The Balaban J connectivity index is 0.945. The van der Waals surface area contributed by atoms with Crippen LogP contribution in [0.15, 0.2) is 261 Å². The largest absolute Gasteiger partial charge is 0.310 e. The van der Waals surface area contributed by atoms with Crippen LogP contribution in [0.4, 0.5) is 17.1 Å². The lowest BCUT2D eigenvalue weighted by Crippen LogP contribution is -2.16. The molecule has 0 radical (unpaired) electrons. The number of nitrogens with zero attached hydrogens (tertiary/aromatic N) is 3. The molecule has 11 aromatic carbocycles. The van der Waals surface area contributed by atoms with E-state index in [1.165, 1.54) is 88.1 Å². The van der Waals surface area contributed by atoms with Gasteiger partial charge in [-0.15, -0.1) is 0 Å². The topological polar surface area (TPSA) is 13.1 Å². The highest BCUT2D eigenvalue weighted by Crippen LogP contribution is 2.52. The van der Waals surface area contributed by atoms with Crippen LogP contribution in [0.5, 0.6) is 0 Å². The minimum atomic E-state index is -0.145. The monoisotopic (exact) mass is 919 g/mol. The summed E-state index contributed by atoms with van der Waals surface area (Å²) in [6.07, 6.45) is 0. The minimum Gasteiger partial charge on any atom is -0.310 e. The lowest BCUT2D eigenvalue weighted by atomic mass is 9.82. The molecule has 3 heteroatoms. The van der Waals surface area contributed by atoms with Gasteiger partial charge in [-0.3, -0.25) is 0 Å². The molecule has 0 fully saturated rings. The maximum atomic E-state index is 2.46. The Morgan fingerprint density at radius 1 is 0.292 bits per heavy atom. The molecule has 72 heavy (non-hydrogen) atoms. The Morgan fingerprint density at radius 2 is 0.736 bits per heavy atom. The molecule has 340 valence electrons. The van der Waals surface area contributed by atoms with E-state index in [2.05, 4.69) is 289 Å². The van der Waals surface area contributed by atoms with Crippen molar-refractivity contribution < 1.29 is 0 Å². The van der Waals surface area contributed by atoms with Crippen LogP contribution in [0.1, 0.15) is 25.0 Å². The number of fused-ring (bicyclic) bond motifs is 9. The molecule has 2 aromatic heterocycles. The van der Waals surface area contributed by atoms with Crippen molar-refractivity contribution in [3.05, 3.63) is 272 Å². The van der Waals surface area contributed by atoms with Crippen molar-refractivity contribution >= 4 is 60.7 Å². The molecule has 1 aliphatic rings. The van der Waals surface area contributed by atoms with Gasteiger partial charge >= 0.3 is 0 Å². The van der Waals surface area contributed by atoms with Gasteiger partial charge in [0, 0.05) is 55.3 Å². The second-order valence-electron chi connectivity index (χ2n) is 19.7. The Hall–Kier alpha value is -9.18. The van der Waals surface area contributed by atoms with Crippen LogP contribution in [0.25, 0.3) is 99.5 Å². The summed E-state index contributed by atoms with van der Waals surface area (Å²) in [5, 5.41) is 4.92. The maximum absolute atomic E-state index is 2.46. The first kappa shape index (κ1) is 41.8. The van der Waals surface area contributed by atoms with Gasteiger partial charge in [-0.2, -0.15) is 0 Å². The van der Waals surface area contributed by atoms with Gasteiger partial charge in [0.05, 0.1) is 27.8 Å². The number of benzene rings is 11. The van der Waals surface area contributed by atoms with Gasteiger partial charge < -0.3 is 14.0 Å². The predicted molar refractivity (Wildman–Crippen MR) is 304 cm³/mol. The van der Waals surface area contributed by atoms with Crippen LogP contribution >= 0.6 is 0 Å². The van der Waals surface area contributed by atoms with E-state index in [-0.39, 0.29) is 5.41 Å². The van der Waals surface area contributed by atoms with Gasteiger partial charge in [0.25, 0.3) is 0 Å². The summed E-state index contributed by atoms with van der Waals surface area (Å²) < 4.78 is 4.81. The van der Waals surface area contributed by atoms with Gasteiger partial charge in [-0.25, -0.2) is 0 Å². The van der Waals surface area contributed by atoms with E-state index in [1.54, 1.807) is 0 Å². The average Bonchev–Trinajstić information content (AvgIpc) is 4.03. The van der Waals surface area contributed by atoms with Crippen LogP contribution in [-0.4, -0.2) is 9.13 Å².